The number of aliphatic carboxylic acids is 1. The molecular formula is C17H18O2S. The summed E-state index contributed by atoms with van der Waals surface area (Å²) in [6, 6.07) is 12.5. The van der Waals surface area contributed by atoms with E-state index in [0.29, 0.717) is 0 Å². The molecule has 0 radical (unpaired) electrons. The number of hydrogen-bond acceptors (Lipinski definition) is 2. The molecule has 2 nitrogen and oxygen atoms in total. The van der Waals surface area contributed by atoms with E-state index in [1.807, 2.05) is 12.1 Å². The van der Waals surface area contributed by atoms with Crippen LogP contribution in [0.25, 0.3) is 16.5 Å². The van der Waals surface area contributed by atoms with Gasteiger partial charge in [-0.3, -0.25) is 0 Å². The predicted octanol–water partition coefficient (Wildman–Crippen LogP) is 4.81. The van der Waals surface area contributed by atoms with Gasteiger partial charge in [-0.2, -0.15) is 0 Å². The quantitative estimate of drug-likeness (QED) is 0.822. The van der Waals surface area contributed by atoms with Gasteiger partial charge in [0.25, 0.3) is 0 Å². The van der Waals surface area contributed by atoms with Gasteiger partial charge in [-0.15, -0.1) is 11.3 Å². The van der Waals surface area contributed by atoms with Gasteiger partial charge in [0, 0.05) is 15.8 Å². The SMILES string of the molecule is CC(C)(C)c1ccc(-c2ccc(C=CC(=O)O)s2)cc1. The van der Waals surface area contributed by atoms with Crippen molar-refractivity contribution < 1.29 is 9.90 Å². The van der Waals surface area contributed by atoms with Crippen LogP contribution in [0.4, 0.5) is 0 Å². The molecule has 0 saturated carbocycles. The number of carboxylic acid groups (broad SMARTS) is 1. The highest BCUT2D eigenvalue weighted by Gasteiger charge is 2.13. The van der Waals surface area contributed by atoms with E-state index in [9.17, 15) is 4.79 Å². The van der Waals surface area contributed by atoms with E-state index in [4.69, 9.17) is 5.11 Å². The highest BCUT2D eigenvalue weighted by atomic mass is 32.1. The van der Waals surface area contributed by atoms with Crippen molar-refractivity contribution in [2.75, 3.05) is 0 Å². The topological polar surface area (TPSA) is 37.3 Å². The molecule has 0 amide bonds. The number of benzene rings is 1. The summed E-state index contributed by atoms with van der Waals surface area (Å²) in [5.74, 6) is -0.922. The zero-order valence-corrected chi connectivity index (χ0v) is 12.7. The van der Waals surface area contributed by atoms with Gasteiger partial charge >= 0.3 is 5.97 Å². The Hall–Kier alpha value is -1.87. The number of hydrogen-bond donors (Lipinski definition) is 1. The molecule has 2 aromatic rings. The van der Waals surface area contributed by atoms with Crippen LogP contribution in [0.5, 0.6) is 0 Å². The van der Waals surface area contributed by atoms with E-state index in [-0.39, 0.29) is 5.41 Å². The molecule has 0 unspecified atom stereocenters. The third kappa shape index (κ3) is 3.58. The van der Waals surface area contributed by atoms with E-state index in [1.54, 1.807) is 17.4 Å². The molecule has 1 heterocycles. The second-order valence-electron chi connectivity index (χ2n) is 5.70. The van der Waals surface area contributed by atoms with Gasteiger partial charge in [0.2, 0.25) is 0 Å². The molecule has 0 aliphatic heterocycles. The van der Waals surface area contributed by atoms with Crippen LogP contribution < -0.4 is 0 Å². The Morgan fingerprint density at radius 2 is 1.75 bits per heavy atom. The lowest BCUT2D eigenvalue weighted by Gasteiger charge is -2.18. The van der Waals surface area contributed by atoms with Gasteiger partial charge in [0.1, 0.15) is 0 Å². The average molecular weight is 286 g/mol. The van der Waals surface area contributed by atoms with E-state index in [1.165, 1.54) is 5.56 Å². The summed E-state index contributed by atoms with van der Waals surface area (Å²) in [5, 5.41) is 8.62. The Bertz CT molecular complexity index is 628. The van der Waals surface area contributed by atoms with E-state index >= 15 is 0 Å². The normalized spacial score (nSPS) is 11.9. The second kappa shape index (κ2) is 5.63. The Kier molecular flexibility index (Phi) is 4.09. The number of thiophene rings is 1. The highest BCUT2D eigenvalue weighted by Crippen LogP contribution is 2.31. The first-order valence-electron chi connectivity index (χ1n) is 6.48. The van der Waals surface area contributed by atoms with Crippen molar-refractivity contribution in [3.8, 4) is 10.4 Å². The van der Waals surface area contributed by atoms with Crippen molar-refractivity contribution in [3.05, 3.63) is 52.9 Å². The third-order valence-electron chi connectivity index (χ3n) is 3.05. The maximum atomic E-state index is 10.5. The highest BCUT2D eigenvalue weighted by molar-refractivity contribution is 7.16. The summed E-state index contributed by atoms with van der Waals surface area (Å²) < 4.78 is 0. The molecular weight excluding hydrogens is 268 g/mol. The maximum Gasteiger partial charge on any atom is 0.328 e. The minimum Gasteiger partial charge on any atom is -0.478 e. The summed E-state index contributed by atoms with van der Waals surface area (Å²) in [4.78, 5) is 12.6. The molecule has 2 rings (SSSR count). The van der Waals surface area contributed by atoms with E-state index in [0.717, 1.165) is 21.4 Å². The Morgan fingerprint density at radius 1 is 1.10 bits per heavy atom. The van der Waals surface area contributed by atoms with Gasteiger partial charge in [0.05, 0.1) is 0 Å². The molecule has 0 atom stereocenters. The van der Waals surface area contributed by atoms with Crippen molar-refractivity contribution in [2.45, 2.75) is 26.2 Å². The predicted molar refractivity (Wildman–Crippen MR) is 85.1 cm³/mol. The van der Waals surface area contributed by atoms with Crippen molar-refractivity contribution in [1.82, 2.24) is 0 Å². The summed E-state index contributed by atoms with van der Waals surface area (Å²) in [7, 11) is 0. The first kappa shape index (κ1) is 14.5. The van der Waals surface area contributed by atoms with Gasteiger partial charge < -0.3 is 5.11 Å². The van der Waals surface area contributed by atoms with E-state index < -0.39 is 5.97 Å². The zero-order chi connectivity index (χ0) is 14.8. The van der Waals surface area contributed by atoms with Gasteiger partial charge in [-0.1, -0.05) is 45.0 Å². The molecule has 1 aromatic carbocycles. The number of rotatable bonds is 3. The molecule has 0 saturated heterocycles. The summed E-state index contributed by atoms with van der Waals surface area (Å²) in [5.41, 5.74) is 2.63. The Morgan fingerprint density at radius 3 is 2.30 bits per heavy atom. The number of carboxylic acids is 1. The molecule has 1 aromatic heterocycles. The van der Waals surface area contributed by atoms with E-state index in [2.05, 4.69) is 45.0 Å². The molecule has 0 aliphatic rings. The fraction of sp³-hybridized carbons (Fsp3) is 0.235. The van der Waals surface area contributed by atoms with Crippen molar-refractivity contribution >= 4 is 23.4 Å². The van der Waals surface area contributed by atoms with Crippen molar-refractivity contribution in [1.29, 1.82) is 0 Å². The van der Waals surface area contributed by atoms with Gasteiger partial charge in [-0.25, -0.2) is 4.79 Å². The van der Waals surface area contributed by atoms with Crippen LogP contribution in [0.1, 0.15) is 31.2 Å². The fourth-order valence-corrected chi connectivity index (χ4v) is 2.80. The second-order valence-corrected chi connectivity index (χ2v) is 6.82. The minimum atomic E-state index is -0.922. The monoisotopic (exact) mass is 286 g/mol. The van der Waals surface area contributed by atoms with Crippen LogP contribution in [-0.4, -0.2) is 11.1 Å². The molecule has 20 heavy (non-hydrogen) atoms. The lowest BCUT2D eigenvalue weighted by atomic mass is 9.86. The lowest BCUT2D eigenvalue weighted by Crippen LogP contribution is -2.10. The standard InChI is InChI=1S/C17H18O2S/c1-17(2,3)13-6-4-12(5-7-13)15-10-8-14(20-15)9-11-16(18)19/h4-11H,1-3H3,(H,18,19). The van der Waals surface area contributed by atoms with Crippen LogP contribution in [0.15, 0.2) is 42.5 Å². The zero-order valence-electron chi connectivity index (χ0n) is 11.9. The lowest BCUT2D eigenvalue weighted by molar-refractivity contribution is -0.131. The molecule has 0 fully saturated rings. The summed E-state index contributed by atoms with van der Waals surface area (Å²) >= 11 is 1.59. The van der Waals surface area contributed by atoms with Crippen LogP contribution in [0, 0.1) is 0 Å². The first-order valence-corrected chi connectivity index (χ1v) is 7.30. The maximum absolute atomic E-state index is 10.5. The van der Waals surface area contributed by atoms with Crippen molar-refractivity contribution in [2.24, 2.45) is 0 Å². The smallest absolute Gasteiger partial charge is 0.328 e. The molecule has 3 heteroatoms. The molecule has 1 N–H and O–H groups in total. The summed E-state index contributed by atoms with van der Waals surface area (Å²) in [6.45, 7) is 6.59. The van der Waals surface area contributed by atoms with Crippen LogP contribution in [0.3, 0.4) is 0 Å². The average Bonchev–Trinajstić information content (AvgIpc) is 2.84. The third-order valence-corrected chi connectivity index (χ3v) is 4.15. The first-order chi connectivity index (χ1) is 9.36. The van der Waals surface area contributed by atoms with Gasteiger partial charge in [-0.05, 0) is 34.8 Å². The molecule has 0 aliphatic carbocycles. The Labute approximate surface area is 123 Å². The minimum absolute atomic E-state index is 0.156. The Balaban J connectivity index is 2.22. The van der Waals surface area contributed by atoms with Crippen LogP contribution in [-0.2, 0) is 10.2 Å². The van der Waals surface area contributed by atoms with Crippen LogP contribution >= 0.6 is 11.3 Å². The van der Waals surface area contributed by atoms with Gasteiger partial charge in [0.15, 0.2) is 0 Å². The summed E-state index contributed by atoms with van der Waals surface area (Å²) in [6.07, 6.45) is 2.79. The fourth-order valence-electron chi connectivity index (χ4n) is 1.89. The molecule has 104 valence electrons. The molecule has 0 bridgehead atoms. The largest absolute Gasteiger partial charge is 0.478 e. The van der Waals surface area contributed by atoms with Crippen molar-refractivity contribution in [3.63, 3.8) is 0 Å². The van der Waals surface area contributed by atoms with Crippen LogP contribution in [0.2, 0.25) is 0 Å². The molecule has 0 spiro atoms. The number of carbonyl (C=O) groups is 1.